The first-order valence-electron chi connectivity index (χ1n) is 9.62. The van der Waals surface area contributed by atoms with Crippen LogP contribution >= 0.6 is 0 Å². The summed E-state index contributed by atoms with van der Waals surface area (Å²) in [5.74, 6) is 3.32. The van der Waals surface area contributed by atoms with Crippen LogP contribution in [0.1, 0.15) is 57.4 Å². The van der Waals surface area contributed by atoms with E-state index in [1.807, 2.05) is 6.92 Å². The maximum atomic E-state index is 10.4. The largest absolute Gasteiger partial charge is 0.744 e. The zero-order valence-corrected chi connectivity index (χ0v) is 19.6. The van der Waals surface area contributed by atoms with Crippen LogP contribution in [0.15, 0.2) is 59.5 Å². The van der Waals surface area contributed by atoms with Crippen molar-refractivity contribution in [1.82, 2.24) is 0 Å². The van der Waals surface area contributed by atoms with E-state index in [9.17, 15) is 13.0 Å². The lowest BCUT2D eigenvalue weighted by Crippen LogP contribution is -3.59. The third-order valence-electron chi connectivity index (χ3n) is 3.92. The van der Waals surface area contributed by atoms with Crippen molar-refractivity contribution >= 4 is 10.1 Å². The van der Waals surface area contributed by atoms with E-state index in [1.165, 1.54) is 54.2 Å². The van der Waals surface area contributed by atoms with Gasteiger partial charge in [-0.25, -0.2) is 8.42 Å². The van der Waals surface area contributed by atoms with Crippen molar-refractivity contribution in [1.29, 1.82) is 0 Å². The summed E-state index contributed by atoms with van der Waals surface area (Å²) in [7, 11) is -4.27. The van der Waals surface area contributed by atoms with Crippen molar-refractivity contribution in [3.8, 4) is 9.85 Å². The predicted octanol–water partition coefficient (Wildman–Crippen LogP) is 2.56. The quantitative estimate of drug-likeness (QED) is 0.237. The van der Waals surface area contributed by atoms with Crippen LogP contribution in [0.3, 0.4) is 0 Å². The molecule has 0 saturated carbocycles. The van der Waals surface area contributed by atoms with Gasteiger partial charge in [-0.3, -0.25) is 0 Å². The minimum atomic E-state index is -4.27. The summed E-state index contributed by atoms with van der Waals surface area (Å²) < 4.78 is 36.0. The minimum Gasteiger partial charge on any atom is -0.744 e. The smallest absolute Gasteiger partial charge is 0.419 e. The Morgan fingerprint density at radius 2 is 1.50 bits per heavy atom. The summed E-state index contributed by atoms with van der Waals surface area (Å²) in [6.45, 7) is 4.08. The Bertz CT molecular complexity index is 820. The molecule has 0 aliphatic heterocycles. The average Bonchev–Trinajstić information content (AvgIpc) is 2.68. The van der Waals surface area contributed by atoms with E-state index in [4.69, 9.17) is 0 Å². The lowest BCUT2D eigenvalue weighted by atomic mass is 10.1. The Hall–Kier alpha value is -1.36. The van der Waals surface area contributed by atoms with E-state index < -0.39 is 10.1 Å². The van der Waals surface area contributed by atoms with Crippen molar-refractivity contribution in [3.63, 3.8) is 0 Å². The first-order chi connectivity index (χ1) is 13.4. The van der Waals surface area contributed by atoms with Gasteiger partial charge < -0.3 is 4.55 Å². The molecular weight excluding hydrogens is 483 g/mol. The van der Waals surface area contributed by atoms with Crippen LogP contribution in [-0.4, -0.2) is 13.0 Å². The monoisotopic (exact) mass is 512 g/mol. The van der Waals surface area contributed by atoms with E-state index in [0.717, 1.165) is 12.0 Å². The maximum Gasteiger partial charge on any atom is 0.419 e. The maximum absolute atomic E-state index is 10.4. The van der Waals surface area contributed by atoms with Crippen LogP contribution in [-0.2, 0) is 10.1 Å². The molecule has 0 bridgehead atoms. The molecule has 28 heavy (non-hydrogen) atoms. The first-order valence-corrected chi connectivity index (χ1v) is 13.2. The molecule has 0 aliphatic carbocycles. The molecule has 0 amide bonds. The molecule has 2 rings (SSSR count). The molecule has 0 spiro atoms. The van der Waals surface area contributed by atoms with Crippen LogP contribution in [0.2, 0.25) is 0 Å². The van der Waals surface area contributed by atoms with Gasteiger partial charge in [0, 0.05) is 6.42 Å². The fraction of sp³-hybridized carbons (Fsp3) is 0.391. The molecule has 2 aromatic carbocycles. The van der Waals surface area contributed by atoms with Gasteiger partial charge in [0.2, 0.25) is 3.57 Å². The number of rotatable bonds is 8. The van der Waals surface area contributed by atoms with E-state index in [-0.39, 0.29) is 26.1 Å². The molecule has 0 unspecified atom stereocenters. The Balaban J connectivity index is 0.000000307. The number of hydrogen-bond acceptors (Lipinski definition) is 3. The molecule has 152 valence electrons. The molecule has 0 heterocycles. The van der Waals surface area contributed by atoms with Gasteiger partial charge >= 0.3 is 21.2 Å². The Kier molecular flexibility index (Phi) is 12.9. The van der Waals surface area contributed by atoms with Crippen LogP contribution in [0.4, 0.5) is 0 Å². The van der Waals surface area contributed by atoms with Crippen LogP contribution in [0.25, 0.3) is 0 Å². The van der Waals surface area contributed by atoms with E-state index in [1.54, 1.807) is 12.1 Å². The highest BCUT2D eigenvalue weighted by Crippen LogP contribution is 2.08. The van der Waals surface area contributed by atoms with E-state index >= 15 is 0 Å². The third-order valence-corrected chi connectivity index (χ3v) is 6.76. The van der Waals surface area contributed by atoms with Crippen molar-refractivity contribution in [3.05, 3.63) is 63.7 Å². The number of unbranched alkanes of at least 4 members (excludes halogenated alkanes) is 6. The van der Waals surface area contributed by atoms with Gasteiger partial charge in [0.1, 0.15) is 10.1 Å². The number of benzene rings is 2. The van der Waals surface area contributed by atoms with Crippen molar-refractivity contribution in [2.75, 3.05) is 0 Å². The molecule has 0 aromatic heterocycles. The van der Waals surface area contributed by atoms with E-state index in [0.29, 0.717) is 0 Å². The van der Waals surface area contributed by atoms with E-state index in [2.05, 4.69) is 47.1 Å². The topological polar surface area (TPSA) is 57.2 Å². The zero-order chi connectivity index (χ0) is 20.7. The van der Waals surface area contributed by atoms with Crippen molar-refractivity contribution in [2.45, 2.75) is 63.7 Å². The molecule has 3 nitrogen and oxygen atoms in total. The predicted molar refractivity (Wildman–Crippen MR) is 110 cm³/mol. The molecule has 0 atom stereocenters. The minimum absolute atomic E-state index is 0.0664. The van der Waals surface area contributed by atoms with Crippen LogP contribution in [0.5, 0.6) is 0 Å². The lowest BCUT2D eigenvalue weighted by Gasteiger charge is -2.05. The van der Waals surface area contributed by atoms with Gasteiger partial charge in [0.15, 0.2) is 3.93 Å². The summed E-state index contributed by atoms with van der Waals surface area (Å²) in [6.07, 6.45) is 9.27. The summed E-state index contributed by atoms with van der Waals surface area (Å²) in [6, 6.07) is 16.4. The third kappa shape index (κ3) is 12.2. The summed E-state index contributed by atoms with van der Waals surface area (Å²) in [5, 5.41) is 0. The standard InChI is InChI=1S/C16H22I.C7H8O3S/c1-2-3-4-5-6-7-8-12-15-17-16-13-10-9-11-14-16;1-6-2-4-7(5-3-6)11(8,9)10/h9-11,13-14H,2-8H2,1H3;2-5H,1H3,(H,8,9,10)/q+1;/p-1. The van der Waals surface area contributed by atoms with Crippen molar-refractivity contribution in [2.24, 2.45) is 0 Å². The Morgan fingerprint density at radius 1 is 0.893 bits per heavy atom. The summed E-state index contributed by atoms with van der Waals surface area (Å²) in [4.78, 5) is -0.178. The summed E-state index contributed by atoms with van der Waals surface area (Å²) >= 11 is -0.0664. The second-order valence-electron chi connectivity index (χ2n) is 6.45. The summed E-state index contributed by atoms with van der Waals surface area (Å²) in [5.41, 5.74) is 0.928. The highest BCUT2D eigenvalue weighted by atomic mass is 127. The van der Waals surface area contributed by atoms with Gasteiger partial charge in [0.05, 0.1) is 4.90 Å². The Labute approximate surface area is 181 Å². The Morgan fingerprint density at radius 3 is 2.11 bits per heavy atom. The van der Waals surface area contributed by atoms with Gasteiger partial charge in [-0.1, -0.05) is 74.9 Å². The molecular formula is C23H29IO3S. The van der Waals surface area contributed by atoms with Gasteiger partial charge in [-0.05, 0) is 43.5 Å². The van der Waals surface area contributed by atoms with Crippen LogP contribution < -0.4 is 21.2 Å². The number of hydrogen-bond donors (Lipinski definition) is 0. The van der Waals surface area contributed by atoms with Gasteiger partial charge in [0.25, 0.3) is 0 Å². The molecule has 5 heteroatoms. The fourth-order valence-electron chi connectivity index (χ4n) is 2.31. The molecule has 0 aliphatic rings. The van der Waals surface area contributed by atoms with Gasteiger partial charge in [-0.2, -0.15) is 0 Å². The SMILES string of the molecule is CCCCCCCCC#C[I+]c1ccccc1.Cc1ccc(S(=O)(=O)[O-])cc1. The highest BCUT2D eigenvalue weighted by Gasteiger charge is 2.05. The second kappa shape index (κ2) is 14.6. The average molecular weight is 512 g/mol. The highest BCUT2D eigenvalue weighted by molar-refractivity contribution is 7.85. The molecule has 0 saturated heterocycles. The molecule has 0 N–H and O–H groups in total. The number of aryl methyl sites for hydroxylation is 1. The molecule has 0 radical (unpaired) electrons. The normalized spacial score (nSPS) is 10.4. The number of halogens is 1. The van der Waals surface area contributed by atoms with Gasteiger partial charge in [-0.15, -0.1) is 0 Å². The zero-order valence-electron chi connectivity index (χ0n) is 16.7. The second-order valence-corrected chi connectivity index (χ2v) is 10.2. The lowest BCUT2D eigenvalue weighted by molar-refractivity contribution is -0.535. The molecule has 2 aromatic rings. The first kappa shape index (κ1) is 24.7. The fourth-order valence-corrected chi connectivity index (χ4v) is 4.33. The van der Waals surface area contributed by atoms with Crippen molar-refractivity contribution < 1.29 is 34.2 Å². The van der Waals surface area contributed by atoms with Crippen LogP contribution in [0, 0.1) is 20.3 Å². The molecule has 0 fully saturated rings.